The molecule has 13 atom stereocenters. The summed E-state index contributed by atoms with van der Waals surface area (Å²) in [7, 11) is -5.51. The Morgan fingerprint density at radius 3 is 1.90 bits per heavy atom. The average Bonchev–Trinajstić information content (AvgIpc) is 3.31. The maximum absolute atomic E-state index is 13.5. The van der Waals surface area contributed by atoms with Crippen LogP contribution in [-0.4, -0.2) is 138 Å². The van der Waals surface area contributed by atoms with Crippen LogP contribution in [0.15, 0.2) is 85.1 Å². The summed E-state index contributed by atoms with van der Waals surface area (Å²) in [6, 6.07) is 0. The van der Waals surface area contributed by atoms with Gasteiger partial charge in [-0.2, -0.15) is 0 Å². The van der Waals surface area contributed by atoms with Gasteiger partial charge in [0.2, 0.25) is 0 Å². The van der Waals surface area contributed by atoms with Crippen molar-refractivity contribution in [1.82, 2.24) is 0 Å². The van der Waals surface area contributed by atoms with Gasteiger partial charge in [0, 0.05) is 43.9 Å². The minimum atomic E-state index is -5.51. The first-order valence-corrected chi connectivity index (χ1v) is 26.1. The Kier molecular flexibility index (Phi) is 31.9. The second-order valence-corrected chi connectivity index (χ2v) is 19.0. The Bertz CT molecular complexity index is 1720. The highest BCUT2D eigenvalue weighted by Crippen LogP contribution is 2.47. The number of Topliss-reactive ketones (excluding diaryl/α,β-unsaturated/α-hetero) is 1. The zero-order valence-corrected chi connectivity index (χ0v) is 41.3. The largest absolute Gasteiger partial charge is 0.472 e. The molecule has 0 radical (unpaired) electrons. The maximum atomic E-state index is 13.5. The molecule has 9 N–H and O–H groups in total. The minimum absolute atomic E-state index is 0.0478. The quantitative estimate of drug-likeness (QED) is 0.0276. The van der Waals surface area contributed by atoms with E-state index in [1.807, 2.05) is 25.2 Å². The summed E-state index contributed by atoms with van der Waals surface area (Å²) in [6.07, 6.45) is 13.9. The fraction of sp³-hybridized carbons (Fsp3) is 0.667. The lowest BCUT2D eigenvalue weighted by molar-refractivity contribution is -0.168. The topological polar surface area (TPSA) is 287 Å². The summed E-state index contributed by atoms with van der Waals surface area (Å²) in [5.41, 5.74) is 0. The van der Waals surface area contributed by atoms with Gasteiger partial charge in [0.15, 0.2) is 6.10 Å². The third kappa shape index (κ3) is 26.0. The molecule has 69 heavy (non-hydrogen) atoms. The number of aliphatic hydroxyl groups is 8. The van der Waals surface area contributed by atoms with Crippen molar-refractivity contribution in [3.63, 3.8) is 0 Å². The number of rotatable bonds is 22. The maximum Gasteiger partial charge on any atom is 0.472 e. The number of fused-ring (bicyclic) bond motifs is 4. The molecule has 17 nitrogen and oxygen atoms in total. The lowest BCUT2D eigenvalue weighted by Crippen LogP contribution is -2.56. The third-order valence-electron chi connectivity index (χ3n) is 11.7. The van der Waals surface area contributed by atoms with Crippen LogP contribution in [0, 0.1) is 11.8 Å². The molecule has 0 aromatic heterocycles. The lowest BCUT2D eigenvalue weighted by atomic mass is 9.82. The lowest BCUT2D eigenvalue weighted by Gasteiger charge is -2.37. The highest BCUT2D eigenvalue weighted by Gasteiger charge is 2.49. The molecule has 392 valence electrons. The fourth-order valence-electron chi connectivity index (χ4n) is 7.67. The van der Waals surface area contributed by atoms with Crippen molar-refractivity contribution in [2.24, 2.45) is 11.8 Å². The first-order chi connectivity index (χ1) is 33.0. The van der Waals surface area contributed by atoms with E-state index in [9.17, 15) is 64.7 Å². The molecule has 2 fully saturated rings. The van der Waals surface area contributed by atoms with Crippen molar-refractivity contribution in [3.05, 3.63) is 85.1 Å². The molecule has 1 aliphatic carbocycles. The SMILES string of the molecule is CC/C=C\C/C=C\C/C=C\C/C=C\C/C=C\C/C=C\CCC(=O)OC[C@@H]1COP(=O)(O)O[C@H]2[C@H](O)[C@@H](O)[C@H](O)[C@@H](CC(=O)CCCCC(=O)O1)[C@@H](O)C[C@@H](O)[C@H](/C=C/[C@@H](O)CCCCC)[C@@H](O)[C@H]2O. The number of carbonyl (C=O) groups excluding carboxylic acids is 3. The summed E-state index contributed by atoms with van der Waals surface area (Å²) < 4.78 is 34.5. The Morgan fingerprint density at radius 1 is 0.739 bits per heavy atom. The number of cyclic esters (lactones) is 1. The molecule has 0 aromatic carbocycles. The van der Waals surface area contributed by atoms with Crippen LogP contribution in [0.5, 0.6) is 0 Å². The first-order valence-electron chi connectivity index (χ1n) is 24.6. The van der Waals surface area contributed by atoms with Crippen molar-refractivity contribution >= 4 is 25.5 Å². The molecule has 1 saturated heterocycles. The first kappa shape index (κ1) is 61.7. The smallest absolute Gasteiger partial charge is 0.462 e. The molecule has 0 spiro atoms. The van der Waals surface area contributed by atoms with Gasteiger partial charge in [-0.3, -0.25) is 23.4 Å². The van der Waals surface area contributed by atoms with Crippen molar-refractivity contribution in [2.75, 3.05) is 13.2 Å². The van der Waals surface area contributed by atoms with Crippen LogP contribution in [0.4, 0.5) is 0 Å². The van der Waals surface area contributed by atoms with Gasteiger partial charge in [-0.15, -0.1) is 0 Å². The van der Waals surface area contributed by atoms with Crippen LogP contribution >= 0.6 is 7.82 Å². The molecule has 1 heterocycles. The summed E-state index contributed by atoms with van der Waals surface area (Å²) >= 11 is 0. The van der Waals surface area contributed by atoms with Crippen LogP contribution in [0.2, 0.25) is 0 Å². The number of hydrogen-bond donors (Lipinski definition) is 9. The number of esters is 2. The number of unbranched alkanes of at least 4 members (excludes halogenated alkanes) is 2. The van der Waals surface area contributed by atoms with Gasteiger partial charge in [-0.25, -0.2) is 4.57 Å². The second-order valence-electron chi connectivity index (χ2n) is 17.5. The molecule has 1 unspecified atom stereocenters. The van der Waals surface area contributed by atoms with Gasteiger partial charge in [0.05, 0.1) is 37.1 Å². The monoisotopic (exact) mass is 997 g/mol. The molecule has 18 heteroatoms. The number of carbonyl (C=O) groups is 3. The van der Waals surface area contributed by atoms with Crippen LogP contribution < -0.4 is 0 Å². The van der Waals surface area contributed by atoms with E-state index in [1.165, 1.54) is 12.2 Å². The Balaban J connectivity index is 2.15. The summed E-state index contributed by atoms with van der Waals surface area (Å²) in [4.78, 5) is 49.6. The van der Waals surface area contributed by atoms with E-state index in [0.29, 0.717) is 25.7 Å². The molecule has 2 bridgehead atoms. The van der Waals surface area contributed by atoms with E-state index in [-0.39, 0.29) is 32.1 Å². The predicted molar refractivity (Wildman–Crippen MR) is 260 cm³/mol. The third-order valence-corrected chi connectivity index (χ3v) is 12.7. The van der Waals surface area contributed by atoms with Crippen LogP contribution in [0.3, 0.4) is 0 Å². The van der Waals surface area contributed by atoms with Crippen molar-refractivity contribution in [3.8, 4) is 0 Å². The standard InChI is InChI=1S/C51H81O17P/c1-3-5-7-8-9-10-11-12-13-14-15-16-17-18-19-20-21-22-24-29-44(56)65-35-39-36-66-69(63,64)68-51-49(61)46(58)40(32-31-37(52)27-23-6-4-2)42(54)34-43(55)41(47(59)48(60)50(51)62)33-38(53)28-25-26-30-45(57)67-39/h5,7,9-10,12-13,15-16,18-19,21-22,31-32,37,39-43,46-52,54-55,58-62H,3-4,6,8,11,14,17,20,23-30,33-36H2,1-2H3,(H,63,64)/b7-5-,10-9-,13-12-,16-15-,19-18-,22-21-,32-31+/t37-,39+,40-,41-,42+,43-,46+,47+,48-,49+,50+,51+/m0/s1. The number of ketones is 1. The molecular formula is C51H81O17P. The number of aliphatic hydroxyl groups excluding tert-OH is 8. The minimum Gasteiger partial charge on any atom is -0.462 e. The number of ether oxygens (including phenoxy) is 2. The van der Waals surface area contributed by atoms with Crippen molar-refractivity contribution in [1.29, 1.82) is 0 Å². The molecule has 2 aliphatic rings. The van der Waals surface area contributed by atoms with Gasteiger partial charge >= 0.3 is 19.8 Å². The summed E-state index contributed by atoms with van der Waals surface area (Å²) in [5, 5.41) is 89.9. The van der Waals surface area contributed by atoms with Gasteiger partial charge in [-0.05, 0) is 64.2 Å². The zero-order chi connectivity index (χ0) is 51.0. The van der Waals surface area contributed by atoms with Gasteiger partial charge in [0.25, 0.3) is 0 Å². The molecular weight excluding hydrogens is 916 g/mol. The average molecular weight is 997 g/mol. The summed E-state index contributed by atoms with van der Waals surface area (Å²) in [6.45, 7) is 2.53. The molecule has 0 amide bonds. The Labute approximate surface area is 408 Å². The number of allylic oxidation sites excluding steroid dienone is 12. The molecule has 0 aromatic rings. The molecule has 1 saturated carbocycles. The van der Waals surface area contributed by atoms with Crippen LogP contribution in [0.1, 0.15) is 129 Å². The Hall–Kier alpha value is -3.42. The van der Waals surface area contributed by atoms with E-state index in [0.717, 1.165) is 44.9 Å². The van der Waals surface area contributed by atoms with E-state index in [2.05, 4.69) is 55.5 Å². The van der Waals surface area contributed by atoms with Crippen molar-refractivity contribution in [2.45, 2.75) is 190 Å². The van der Waals surface area contributed by atoms with Crippen molar-refractivity contribution < 1.29 is 83.2 Å². The van der Waals surface area contributed by atoms with Gasteiger partial charge < -0.3 is 55.2 Å². The van der Waals surface area contributed by atoms with E-state index < -0.39 is 124 Å². The second kappa shape index (κ2) is 35.6. The number of phosphoric acid groups is 1. The number of hydrogen-bond acceptors (Lipinski definition) is 16. The molecule has 2 rings (SSSR count). The summed E-state index contributed by atoms with van der Waals surface area (Å²) in [5.74, 6) is -5.14. The Morgan fingerprint density at radius 2 is 1.30 bits per heavy atom. The van der Waals surface area contributed by atoms with E-state index in [1.54, 1.807) is 6.08 Å². The van der Waals surface area contributed by atoms with E-state index in [4.69, 9.17) is 18.5 Å². The normalized spacial score (nSPS) is 31.7. The highest BCUT2D eigenvalue weighted by atomic mass is 31.2. The number of phosphoric ester groups is 1. The van der Waals surface area contributed by atoms with Gasteiger partial charge in [0.1, 0.15) is 36.8 Å². The van der Waals surface area contributed by atoms with Gasteiger partial charge in [-0.1, -0.05) is 118 Å². The fourth-order valence-corrected chi connectivity index (χ4v) is 8.64. The van der Waals surface area contributed by atoms with Crippen LogP contribution in [0.25, 0.3) is 0 Å². The van der Waals surface area contributed by atoms with E-state index >= 15 is 0 Å². The van der Waals surface area contributed by atoms with Crippen LogP contribution in [-0.2, 0) is 37.5 Å². The highest BCUT2D eigenvalue weighted by molar-refractivity contribution is 7.47. The predicted octanol–water partition coefficient (Wildman–Crippen LogP) is 5.61. The molecule has 1 aliphatic heterocycles. The zero-order valence-electron chi connectivity index (χ0n) is 40.4.